The number of fused-ring (bicyclic) bond motifs is 1. The topological polar surface area (TPSA) is 86.7 Å². The molecule has 3 rings (SSSR count). The largest absolute Gasteiger partial charge is 0.497 e. The fourth-order valence-corrected chi connectivity index (χ4v) is 3.72. The van der Waals surface area contributed by atoms with Crippen LogP contribution in [0.15, 0.2) is 41.4 Å². The van der Waals surface area contributed by atoms with Crippen LogP contribution in [0.25, 0.3) is 10.2 Å². The molecule has 0 aliphatic carbocycles. The van der Waals surface area contributed by atoms with Crippen LogP contribution in [0.1, 0.15) is 10.4 Å². The minimum Gasteiger partial charge on any atom is -0.497 e. The maximum Gasteiger partial charge on any atom is 0.286 e. The number of amides is 1. The molecule has 1 heterocycles. The lowest BCUT2D eigenvalue weighted by Crippen LogP contribution is -2.17. The van der Waals surface area contributed by atoms with E-state index in [1.54, 1.807) is 23.8 Å². The second kappa shape index (κ2) is 7.61. The molecule has 0 aliphatic rings. The number of thiazole rings is 1. The summed E-state index contributed by atoms with van der Waals surface area (Å²) in [5.41, 5.74) is 0.236. The summed E-state index contributed by atoms with van der Waals surface area (Å²) >= 11 is 7.12. The number of carbonyl (C=O) groups excluding carboxylic acids is 1. The highest BCUT2D eigenvalue weighted by atomic mass is 35.5. The molecule has 136 valence electrons. The Bertz CT molecular complexity index is 1170. The van der Waals surface area contributed by atoms with E-state index in [1.807, 2.05) is 6.07 Å². The second-order valence-electron chi connectivity index (χ2n) is 5.34. The highest BCUT2D eigenvalue weighted by molar-refractivity contribution is 7.16. The fourth-order valence-electron chi connectivity index (χ4n) is 2.50. The number of carbonyl (C=O) groups is 1. The van der Waals surface area contributed by atoms with Gasteiger partial charge in [0.1, 0.15) is 11.3 Å². The first-order valence-corrected chi connectivity index (χ1v) is 8.78. The number of halogens is 1. The molecule has 7 nitrogen and oxygen atoms in total. The zero-order valence-electron chi connectivity index (χ0n) is 14.0. The zero-order chi connectivity index (χ0) is 19.6. The lowest BCUT2D eigenvalue weighted by Gasteiger charge is -2.02. The van der Waals surface area contributed by atoms with Gasteiger partial charge in [0, 0.05) is 11.1 Å². The van der Waals surface area contributed by atoms with Gasteiger partial charge in [0.05, 0.1) is 28.8 Å². The molecule has 0 unspecified atom stereocenters. The molecular formula is C18H12ClN3O4S. The zero-order valence-corrected chi connectivity index (χ0v) is 15.6. The summed E-state index contributed by atoms with van der Waals surface area (Å²) in [4.78, 5) is 27.6. The Morgan fingerprint density at radius 1 is 1.41 bits per heavy atom. The van der Waals surface area contributed by atoms with E-state index in [0.717, 1.165) is 10.2 Å². The molecule has 3 aromatic rings. The molecule has 1 aromatic heterocycles. The molecule has 0 spiro atoms. The van der Waals surface area contributed by atoms with Gasteiger partial charge in [-0.2, -0.15) is 4.99 Å². The Morgan fingerprint density at radius 2 is 2.19 bits per heavy atom. The van der Waals surface area contributed by atoms with E-state index in [4.69, 9.17) is 22.8 Å². The van der Waals surface area contributed by atoms with Gasteiger partial charge in [0.25, 0.3) is 11.6 Å². The SMILES string of the molecule is C#CCn1c(=NC(=O)c2cc(Cl)ccc2[N+](=O)[O-])sc2cc(OC)ccc21. The number of ether oxygens (including phenoxy) is 1. The van der Waals surface area contributed by atoms with Gasteiger partial charge in [-0.3, -0.25) is 14.9 Å². The van der Waals surface area contributed by atoms with E-state index in [-0.39, 0.29) is 22.8 Å². The van der Waals surface area contributed by atoms with E-state index in [0.29, 0.717) is 10.6 Å². The first kappa shape index (κ1) is 18.6. The minimum absolute atomic E-state index is 0.185. The van der Waals surface area contributed by atoms with Crippen LogP contribution < -0.4 is 9.54 Å². The predicted molar refractivity (Wildman–Crippen MR) is 103 cm³/mol. The van der Waals surface area contributed by atoms with Crippen LogP contribution in [0.5, 0.6) is 5.75 Å². The molecule has 1 amide bonds. The third-order valence-corrected chi connectivity index (χ3v) is 5.00. The highest BCUT2D eigenvalue weighted by Crippen LogP contribution is 2.25. The standard InChI is InChI=1S/C18H12ClN3O4S/c1-3-8-21-15-7-5-12(26-2)10-16(15)27-18(21)20-17(23)13-9-11(19)4-6-14(13)22(24)25/h1,4-7,9-10H,8H2,2H3. The monoisotopic (exact) mass is 401 g/mol. The molecular weight excluding hydrogens is 390 g/mol. The Hall–Kier alpha value is -3.15. The number of nitro groups is 1. The van der Waals surface area contributed by atoms with Crippen molar-refractivity contribution in [1.82, 2.24) is 4.57 Å². The van der Waals surface area contributed by atoms with Crippen LogP contribution >= 0.6 is 22.9 Å². The first-order valence-electron chi connectivity index (χ1n) is 7.58. The van der Waals surface area contributed by atoms with Crippen molar-refractivity contribution in [2.45, 2.75) is 6.54 Å². The molecule has 0 bridgehead atoms. The maximum absolute atomic E-state index is 12.6. The minimum atomic E-state index is -0.770. The normalized spacial score (nSPS) is 11.4. The van der Waals surface area contributed by atoms with Crippen LogP contribution in [0.3, 0.4) is 0 Å². The van der Waals surface area contributed by atoms with Crippen molar-refractivity contribution in [1.29, 1.82) is 0 Å². The number of rotatable bonds is 4. The smallest absolute Gasteiger partial charge is 0.286 e. The summed E-state index contributed by atoms with van der Waals surface area (Å²) < 4.78 is 7.71. The highest BCUT2D eigenvalue weighted by Gasteiger charge is 2.20. The van der Waals surface area contributed by atoms with Crippen molar-refractivity contribution in [3.05, 3.63) is 61.9 Å². The molecule has 0 atom stereocenters. The Balaban J connectivity index is 2.20. The van der Waals surface area contributed by atoms with E-state index in [1.165, 1.54) is 29.5 Å². The lowest BCUT2D eigenvalue weighted by molar-refractivity contribution is -0.385. The van der Waals surface area contributed by atoms with Crippen LogP contribution in [0, 0.1) is 22.5 Å². The van der Waals surface area contributed by atoms with Crippen LogP contribution in [0.4, 0.5) is 5.69 Å². The molecule has 0 N–H and O–H groups in total. The summed E-state index contributed by atoms with van der Waals surface area (Å²) in [6.45, 7) is 0.191. The predicted octanol–water partition coefficient (Wildman–Crippen LogP) is 3.65. The molecule has 27 heavy (non-hydrogen) atoms. The van der Waals surface area contributed by atoms with Gasteiger partial charge in [-0.15, -0.1) is 6.42 Å². The van der Waals surface area contributed by atoms with E-state index in [9.17, 15) is 14.9 Å². The first-order chi connectivity index (χ1) is 12.9. The summed E-state index contributed by atoms with van der Waals surface area (Å²) in [7, 11) is 1.55. The van der Waals surface area contributed by atoms with Crippen LogP contribution in [-0.2, 0) is 6.54 Å². The van der Waals surface area contributed by atoms with Crippen molar-refractivity contribution in [2.24, 2.45) is 4.99 Å². The van der Waals surface area contributed by atoms with Crippen molar-refractivity contribution in [3.8, 4) is 18.1 Å². The number of hydrogen-bond acceptors (Lipinski definition) is 5. The summed E-state index contributed by atoms with van der Waals surface area (Å²) in [5.74, 6) is 2.40. The van der Waals surface area contributed by atoms with E-state index < -0.39 is 10.8 Å². The van der Waals surface area contributed by atoms with Crippen molar-refractivity contribution < 1.29 is 14.5 Å². The summed E-state index contributed by atoms with van der Waals surface area (Å²) in [5, 5.41) is 11.4. The van der Waals surface area contributed by atoms with Gasteiger partial charge < -0.3 is 9.30 Å². The molecule has 2 aromatic carbocycles. The Labute approximate surface area is 162 Å². The van der Waals surface area contributed by atoms with Crippen LogP contribution in [0.2, 0.25) is 5.02 Å². The average molecular weight is 402 g/mol. The molecule has 0 aliphatic heterocycles. The number of nitrogens with zero attached hydrogens (tertiary/aromatic N) is 3. The summed E-state index contributed by atoms with van der Waals surface area (Å²) in [6.07, 6.45) is 5.44. The van der Waals surface area contributed by atoms with E-state index >= 15 is 0 Å². The Kier molecular flexibility index (Phi) is 5.26. The fraction of sp³-hybridized carbons (Fsp3) is 0.111. The van der Waals surface area contributed by atoms with Gasteiger partial charge in [-0.1, -0.05) is 28.9 Å². The van der Waals surface area contributed by atoms with Gasteiger partial charge in [-0.05, 0) is 30.3 Å². The van der Waals surface area contributed by atoms with E-state index in [2.05, 4.69) is 10.9 Å². The number of nitro benzene ring substituents is 1. The quantitative estimate of drug-likeness (QED) is 0.379. The Morgan fingerprint density at radius 3 is 2.85 bits per heavy atom. The van der Waals surface area contributed by atoms with Crippen LogP contribution in [-0.4, -0.2) is 22.5 Å². The number of aromatic nitrogens is 1. The average Bonchev–Trinajstić information content (AvgIpc) is 2.98. The molecule has 0 saturated carbocycles. The number of methoxy groups -OCH3 is 1. The van der Waals surface area contributed by atoms with Gasteiger partial charge in [0.15, 0.2) is 4.80 Å². The molecule has 9 heteroatoms. The molecule has 0 saturated heterocycles. The van der Waals surface area contributed by atoms with Crippen molar-refractivity contribution in [2.75, 3.05) is 7.11 Å². The maximum atomic E-state index is 12.6. The summed E-state index contributed by atoms with van der Waals surface area (Å²) in [6, 6.07) is 9.14. The lowest BCUT2D eigenvalue weighted by atomic mass is 10.2. The number of benzene rings is 2. The van der Waals surface area contributed by atoms with Gasteiger partial charge in [0.2, 0.25) is 0 Å². The number of terminal acetylenes is 1. The number of hydrogen-bond donors (Lipinski definition) is 0. The van der Waals surface area contributed by atoms with Gasteiger partial charge in [-0.25, -0.2) is 0 Å². The van der Waals surface area contributed by atoms with Crippen molar-refractivity contribution >= 4 is 44.7 Å². The van der Waals surface area contributed by atoms with Gasteiger partial charge >= 0.3 is 0 Å². The third kappa shape index (κ3) is 3.69. The van der Waals surface area contributed by atoms with Crippen molar-refractivity contribution in [3.63, 3.8) is 0 Å². The second-order valence-corrected chi connectivity index (χ2v) is 6.79. The molecule has 0 radical (unpaired) electrons. The molecule has 0 fully saturated rings. The third-order valence-electron chi connectivity index (χ3n) is 3.72.